The van der Waals surface area contributed by atoms with Crippen molar-refractivity contribution in [3.05, 3.63) is 41.5 Å². The molecule has 0 aliphatic rings. The van der Waals surface area contributed by atoms with Gasteiger partial charge in [0.15, 0.2) is 23.0 Å². The molecule has 2 rings (SSSR count). The molecule has 2 aromatic carbocycles. The summed E-state index contributed by atoms with van der Waals surface area (Å²) in [5, 5.41) is 20.2. The van der Waals surface area contributed by atoms with Gasteiger partial charge >= 0.3 is 0 Å². The lowest BCUT2D eigenvalue weighted by Crippen LogP contribution is -2.32. The maximum atomic E-state index is 10.1. The Morgan fingerprint density at radius 2 is 1.15 bits per heavy atom. The van der Waals surface area contributed by atoms with E-state index >= 15 is 0 Å². The number of aromatic hydroxyl groups is 1. The summed E-state index contributed by atoms with van der Waals surface area (Å²) in [7, 11) is 6.38. The van der Waals surface area contributed by atoms with Gasteiger partial charge in [-0.15, -0.1) is 37.2 Å². The maximum absolute atomic E-state index is 10.1. The molecule has 33 heavy (non-hydrogen) atoms. The first-order valence-corrected chi connectivity index (χ1v) is 9.91. The maximum Gasteiger partial charge on any atom is 0.203 e. The highest BCUT2D eigenvalue weighted by Gasteiger charge is 2.15. The number of methoxy groups -OCH3 is 4. The quantitative estimate of drug-likeness (QED) is 0.278. The number of para-hydroxylation sites is 1. The Morgan fingerprint density at radius 1 is 0.606 bits per heavy atom. The lowest BCUT2D eigenvalue weighted by Gasteiger charge is -2.16. The second-order valence-electron chi connectivity index (χ2n) is 6.57. The average molecular weight is 529 g/mol. The normalized spacial score (nSPS) is 9.70. The Balaban J connectivity index is 0. The van der Waals surface area contributed by atoms with Crippen molar-refractivity contribution in [2.24, 2.45) is 0 Å². The molecular formula is C22H36Cl3N3O5. The summed E-state index contributed by atoms with van der Waals surface area (Å²) < 4.78 is 21.3. The van der Waals surface area contributed by atoms with E-state index in [1.54, 1.807) is 34.5 Å². The van der Waals surface area contributed by atoms with Gasteiger partial charge in [-0.3, -0.25) is 0 Å². The Bertz CT molecular complexity index is 800. The largest absolute Gasteiger partial charge is 0.504 e. The highest BCUT2D eigenvalue weighted by atomic mass is 35.5. The standard InChI is InChI=1S/C22H33N3O5.3ClH/c1-27-18-7-5-6-16(20(18)26)14-24-12-10-23-11-13-25-15-17-8-9-19(28-2)22(30-4)21(17)29-3;;;/h5-9,23-26H,10-15H2,1-4H3;3*1H. The summed E-state index contributed by atoms with van der Waals surface area (Å²) in [4.78, 5) is 0. The summed E-state index contributed by atoms with van der Waals surface area (Å²) >= 11 is 0. The van der Waals surface area contributed by atoms with Gasteiger partial charge in [-0.1, -0.05) is 18.2 Å². The molecule has 0 fully saturated rings. The van der Waals surface area contributed by atoms with Crippen molar-refractivity contribution in [3.63, 3.8) is 0 Å². The molecule has 2 aromatic rings. The van der Waals surface area contributed by atoms with Crippen LogP contribution in [-0.2, 0) is 13.1 Å². The van der Waals surface area contributed by atoms with Gasteiger partial charge in [-0.2, -0.15) is 0 Å². The van der Waals surface area contributed by atoms with E-state index < -0.39 is 0 Å². The third-order valence-electron chi connectivity index (χ3n) is 4.68. The molecule has 8 nitrogen and oxygen atoms in total. The fourth-order valence-electron chi connectivity index (χ4n) is 3.10. The molecule has 11 heteroatoms. The SMILES string of the molecule is COc1cccc(CNCCNCCNCc2ccc(OC)c(OC)c2OC)c1O.Cl.Cl.Cl. The molecule has 0 spiro atoms. The number of ether oxygens (including phenoxy) is 4. The topological polar surface area (TPSA) is 93.2 Å². The van der Waals surface area contributed by atoms with Crippen molar-refractivity contribution >= 4 is 37.2 Å². The van der Waals surface area contributed by atoms with E-state index in [-0.39, 0.29) is 43.0 Å². The number of benzene rings is 2. The van der Waals surface area contributed by atoms with Crippen LogP contribution in [0.2, 0.25) is 0 Å². The van der Waals surface area contributed by atoms with Crippen LogP contribution in [0.5, 0.6) is 28.7 Å². The van der Waals surface area contributed by atoms with Crippen molar-refractivity contribution in [2.45, 2.75) is 13.1 Å². The predicted octanol–water partition coefficient (Wildman–Crippen LogP) is 3.16. The zero-order chi connectivity index (χ0) is 21.8. The van der Waals surface area contributed by atoms with Crippen LogP contribution in [-0.4, -0.2) is 59.7 Å². The van der Waals surface area contributed by atoms with Gasteiger partial charge in [0.25, 0.3) is 0 Å². The van der Waals surface area contributed by atoms with Gasteiger partial charge in [-0.05, 0) is 12.1 Å². The molecular weight excluding hydrogens is 493 g/mol. The third kappa shape index (κ3) is 9.92. The first-order valence-electron chi connectivity index (χ1n) is 9.91. The van der Waals surface area contributed by atoms with E-state index in [4.69, 9.17) is 18.9 Å². The van der Waals surface area contributed by atoms with Crippen molar-refractivity contribution < 1.29 is 24.1 Å². The van der Waals surface area contributed by atoms with Crippen LogP contribution < -0.4 is 34.9 Å². The number of hydrogen-bond donors (Lipinski definition) is 4. The van der Waals surface area contributed by atoms with Gasteiger partial charge in [0, 0.05) is 50.4 Å². The summed E-state index contributed by atoms with van der Waals surface area (Å²) in [5.74, 6) is 2.61. The molecule has 0 amide bonds. The number of hydrogen-bond acceptors (Lipinski definition) is 8. The highest BCUT2D eigenvalue weighted by molar-refractivity contribution is 5.86. The molecule has 0 saturated carbocycles. The molecule has 0 aliphatic heterocycles. The van der Waals surface area contributed by atoms with Gasteiger partial charge in [0.1, 0.15) is 0 Å². The molecule has 0 heterocycles. The first-order chi connectivity index (χ1) is 14.7. The summed E-state index contributed by atoms with van der Waals surface area (Å²) in [6.45, 7) is 4.52. The van der Waals surface area contributed by atoms with Crippen LogP contribution >= 0.6 is 37.2 Å². The molecule has 0 aliphatic carbocycles. The Hall–Kier alpha value is -1.81. The Labute approximate surface area is 214 Å². The van der Waals surface area contributed by atoms with Crippen LogP contribution in [0.15, 0.2) is 30.3 Å². The van der Waals surface area contributed by atoms with Crippen LogP contribution in [0, 0.1) is 0 Å². The predicted molar refractivity (Wildman–Crippen MR) is 139 cm³/mol. The Morgan fingerprint density at radius 3 is 1.70 bits per heavy atom. The van der Waals surface area contributed by atoms with Crippen molar-refractivity contribution in [2.75, 3.05) is 54.6 Å². The van der Waals surface area contributed by atoms with Crippen molar-refractivity contribution in [1.29, 1.82) is 0 Å². The number of phenolic OH excluding ortho intramolecular Hbond substituents is 1. The highest BCUT2D eigenvalue weighted by Crippen LogP contribution is 2.39. The average Bonchev–Trinajstić information content (AvgIpc) is 2.78. The minimum Gasteiger partial charge on any atom is -0.504 e. The summed E-state index contributed by atoms with van der Waals surface area (Å²) in [6.07, 6.45) is 0. The van der Waals surface area contributed by atoms with Crippen LogP contribution in [0.1, 0.15) is 11.1 Å². The fraction of sp³-hybridized carbons (Fsp3) is 0.455. The van der Waals surface area contributed by atoms with Gasteiger partial charge in [0.05, 0.1) is 28.4 Å². The molecule has 0 saturated heterocycles. The molecule has 0 unspecified atom stereocenters. The smallest absolute Gasteiger partial charge is 0.203 e. The second-order valence-corrected chi connectivity index (χ2v) is 6.57. The molecule has 4 N–H and O–H groups in total. The van der Waals surface area contributed by atoms with Crippen LogP contribution in [0.3, 0.4) is 0 Å². The number of halogens is 3. The molecule has 0 atom stereocenters. The van der Waals surface area contributed by atoms with Crippen LogP contribution in [0.4, 0.5) is 0 Å². The Kier molecular flexibility index (Phi) is 18.8. The van der Waals surface area contributed by atoms with E-state index in [1.165, 1.54) is 0 Å². The van der Waals surface area contributed by atoms with Crippen molar-refractivity contribution in [1.82, 2.24) is 16.0 Å². The minimum atomic E-state index is 0. The van der Waals surface area contributed by atoms with Gasteiger partial charge in [-0.25, -0.2) is 0 Å². The molecule has 0 bridgehead atoms. The van der Waals surface area contributed by atoms with E-state index in [9.17, 15) is 5.11 Å². The van der Waals surface area contributed by atoms with Crippen LogP contribution in [0.25, 0.3) is 0 Å². The lowest BCUT2D eigenvalue weighted by atomic mass is 10.1. The number of phenols is 1. The van der Waals surface area contributed by atoms with E-state index in [0.29, 0.717) is 36.1 Å². The zero-order valence-corrected chi connectivity index (χ0v) is 21.9. The minimum absolute atomic E-state index is 0. The van der Waals surface area contributed by atoms with Gasteiger partial charge < -0.3 is 40.0 Å². The fourth-order valence-corrected chi connectivity index (χ4v) is 3.10. The molecule has 0 radical (unpaired) electrons. The molecule has 190 valence electrons. The summed E-state index contributed by atoms with van der Waals surface area (Å²) in [5.41, 5.74) is 1.83. The third-order valence-corrected chi connectivity index (χ3v) is 4.68. The summed E-state index contributed by atoms with van der Waals surface area (Å²) in [6, 6.07) is 9.34. The second kappa shape index (κ2) is 18.6. The number of rotatable bonds is 14. The lowest BCUT2D eigenvalue weighted by molar-refractivity contribution is 0.321. The zero-order valence-electron chi connectivity index (χ0n) is 19.4. The van der Waals surface area contributed by atoms with E-state index in [2.05, 4.69) is 16.0 Å². The van der Waals surface area contributed by atoms with Gasteiger partial charge in [0.2, 0.25) is 5.75 Å². The van der Waals surface area contributed by atoms with E-state index in [0.717, 1.165) is 37.3 Å². The first kappa shape index (κ1) is 33.4. The molecule has 0 aromatic heterocycles. The monoisotopic (exact) mass is 527 g/mol. The van der Waals surface area contributed by atoms with Crippen molar-refractivity contribution in [3.8, 4) is 28.7 Å². The number of nitrogens with one attached hydrogen (secondary N) is 3. The van der Waals surface area contributed by atoms with E-state index in [1.807, 2.05) is 24.3 Å².